The topological polar surface area (TPSA) is 81.1 Å². The first-order valence-corrected chi connectivity index (χ1v) is 5.16. The molecule has 0 aliphatic heterocycles. The Balaban J connectivity index is 2.22. The zero-order valence-corrected chi connectivity index (χ0v) is 9.65. The molecule has 2 rings (SSSR count). The van der Waals surface area contributed by atoms with E-state index in [2.05, 4.69) is 10.5 Å². The van der Waals surface area contributed by atoms with Gasteiger partial charge in [0.15, 0.2) is 0 Å². The van der Waals surface area contributed by atoms with Gasteiger partial charge in [0.1, 0.15) is 11.3 Å². The lowest BCUT2D eigenvalue weighted by Crippen LogP contribution is -2.13. The third-order valence-electron chi connectivity index (χ3n) is 2.49. The van der Waals surface area contributed by atoms with Gasteiger partial charge in [0.05, 0.1) is 6.20 Å². The number of nitrogens with zero attached hydrogens (tertiary/aromatic N) is 1. The fraction of sp³-hybridized carbons (Fsp3) is 0.167. The molecule has 1 amide bonds. The van der Waals surface area contributed by atoms with Crippen LogP contribution >= 0.6 is 0 Å². The minimum Gasteiger partial charge on any atom is -0.399 e. The van der Waals surface area contributed by atoms with Gasteiger partial charge in [-0.2, -0.15) is 0 Å². The lowest BCUT2D eigenvalue weighted by molar-refractivity contribution is 0.102. The number of nitrogen functional groups attached to an aromatic ring is 1. The number of hydrogen-bond acceptors (Lipinski definition) is 4. The van der Waals surface area contributed by atoms with Crippen molar-refractivity contribution in [2.24, 2.45) is 0 Å². The highest BCUT2D eigenvalue weighted by Crippen LogP contribution is 2.19. The van der Waals surface area contributed by atoms with Crippen LogP contribution in [0.3, 0.4) is 0 Å². The lowest BCUT2D eigenvalue weighted by Gasteiger charge is -2.08. The number of aryl methyl sites for hydroxylation is 2. The van der Waals surface area contributed by atoms with Crippen molar-refractivity contribution in [3.63, 3.8) is 0 Å². The van der Waals surface area contributed by atoms with Crippen LogP contribution < -0.4 is 11.1 Å². The van der Waals surface area contributed by atoms with Crippen LogP contribution in [0.25, 0.3) is 0 Å². The zero-order chi connectivity index (χ0) is 12.4. The molecule has 0 saturated carbocycles. The van der Waals surface area contributed by atoms with Crippen LogP contribution in [0.15, 0.2) is 28.9 Å². The molecule has 2 aromatic rings. The Hall–Kier alpha value is -2.30. The monoisotopic (exact) mass is 231 g/mol. The van der Waals surface area contributed by atoms with Crippen molar-refractivity contribution >= 4 is 17.3 Å². The zero-order valence-electron chi connectivity index (χ0n) is 9.65. The molecule has 0 unspecified atom stereocenters. The number of amides is 1. The molecular weight excluding hydrogens is 218 g/mol. The van der Waals surface area contributed by atoms with Crippen LogP contribution in [0, 0.1) is 13.8 Å². The van der Waals surface area contributed by atoms with E-state index in [1.54, 1.807) is 25.1 Å². The summed E-state index contributed by atoms with van der Waals surface area (Å²) in [6.45, 7) is 3.57. The summed E-state index contributed by atoms with van der Waals surface area (Å²) in [5.74, 6) is 0.257. The molecule has 17 heavy (non-hydrogen) atoms. The summed E-state index contributed by atoms with van der Waals surface area (Å²) in [7, 11) is 0. The van der Waals surface area contributed by atoms with Gasteiger partial charge in [-0.25, -0.2) is 0 Å². The van der Waals surface area contributed by atoms with Gasteiger partial charge in [-0.1, -0.05) is 5.16 Å². The molecule has 0 atom stereocenters. The predicted molar refractivity (Wildman–Crippen MR) is 64.8 cm³/mol. The molecule has 0 spiro atoms. The van der Waals surface area contributed by atoms with Crippen molar-refractivity contribution < 1.29 is 9.32 Å². The number of nitrogens with one attached hydrogen (secondary N) is 1. The smallest absolute Gasteiger partial charge is 0.260 e. The second kappa shape index (κ2) is 4.29. The molecule has 88 valence electrons. The predicted octanol–water partition coefficient (Wildman–Crippen LogP) is 2.13. The Morgan fingerprint density at radius 2 is 2.18 bits per heavy atom. The van der Waals surface area contributed by atoms with Gasteiger partial charge < -0.3 is 15.6 Å². The normalized spacial score (nSPS) is 10.2. The highest BCUT2D eigenvalue weighted by Gasteiger charge is 2.13. The first kappa shape index (κ1) is 11.2. The Labute approximate surface area is 98.6 Å². The maximum Gasteiger partial charge on any atom is 0.260 e. The largest absolute Gasteiger partial charge is 0.399 e. The Bertz CT molecular complexity index is 561. The van der Waals surface area contributed by atoms with Gasteiger partial charge in [0.2, 0.25) is 0 Å². The average Bonchev–Trinajstić information content (AvgIpc) is 2.68. The van der Waals surface area contributed by atoms with Crippen molar-refractivity contribution in [2.75, 3.05) is 11.1 Å². The van der Waals surface area contributed by atoms with Crippen LogP contribution in [0.4, 0.5) is 11.4 Å². The Kier molecular flexibility index (Phi) is 2.82. The summed E-state index contributed by atoms with van der Waals surface area (Å²) in [5, 5.41) is 6.35. The van der Waals surface area contributed by atoms with Crippen LogP contribution in [0.5, 0.6) is 0 Å². The second-order valence-corrected chi connectivity index (χ2v) is 3.82. The molecule has 0 fully saturated rings. The summed E-state index contributed by atoms with van der Waals surface area (Å²) in [4.78, 5) is 11.9. The fourth-order valence-corrected chi connectivity index (χ4v) is 1.53. The summed E-state index contributed by atoms with van der Waals surface area (Å²) < 4.78 is 4.84. The first-order chi connectivity index (χ1) is 8.08. The fourth-order valence-electron chi connectivity index (χ4n) is 1.53. The first-order valence-electron chi connectivity index (χ1n) is 5.16. The molecule has 3 N–H and O–H groups in total. The molecule has 1 aromatic heterocycles. The number of carbonyl (C=O) groups excluding carboxylic acids is 1. The van der Waals surface area contributed by atoms with Crippen molar-refractivity contribution in [3.8, 4) is 0 Å². The average molecular weight is 231 g/mol. The highest BCUT2D eigenvalue weighted by atomic mass is 16.5. The summed E-state index contributed by atoms with van der Waals surface area (Å²) in [5.41, 5.74) is 8.38. The Morgan fingerprint density at radius 3 is 2.76 bits per heavy atom. The third-order valence-corrected chi connectivity index (χ3v) is 2.49. The Morgan fingerprint density at radius 1 is 1.41 bits per heavy atom. The van der Waals surface area contributed by atoms with Gasteiger partial charge in [-0.05, 0) is 37.6 Å². The van der Waals surface area contributed by atoms with Crippen molar-refractivity contribution in [2.45, 2.75) is 13.8 Å². The number of benzene rings is 1. The van der Waals surface area contributed by atoms with Gasteiger partial charge >= 0.3 is 0 Å². The quantitative estimate of drug-likeness (QED) is 0.776. The van der Waals surface area contributed by atoms with E-state index in [-0.39, 0.29) is 5.91 Å². The number of rotatable bonds is 2. The molecule has 1 aromatic carbocycles. The molecule has 0 saturated heterocycles. The minimum atomic E-state index is -0.239. The molecule has 5 heteroatoms. The van der Waals surface area contributed by atoms with E-state index < -0.39 is 0 Å². The highest BCUT2D eigenvalue weighted by molar-refractivity contribution is 6.05. The van der Waals surface area contributed by atoms with Crippen molar-refractivity contribution in [1.29, 1.82) is 0 Å². The summed E-state index contributed by atoms with van der Waals surface area (Å²) in [6, 6.07) is 5.31. The number of nitrogens with two attached hydrogens (primary N) is 1. The molecule has 0 aliphatic carbocycles. The standard InChI is InChI=1S/C12H13N3O2/c1-7-5-9(13)3-4-11(7)15-12(16)10-6-14-17-8(10)2/h3-6H,13H2,1-2H3,(H,15,16). The minimum absolute atomic E-state index is 0.239. The maximum absolute atomic E-state index is 11.9. The van der Waals surface area contributed by atoms with Crippen LogP contribution in [-0.4, -0.2) is 11.1 Å². The molecule has 5 nitrogen and oxygen atoms in total. The second-order valence-electron chi connectivity index (χ2n) is 3.82. The number of aromatic nitrogens is 1. The molecule has 0 bridgehead atoms. The van der Waals surface area contributed by atoms with E-state index >= 15 is 0 Å². The third kappa shape index (κ3) is 2.28. The van der Waals surface area contributed by atoms with Crippen LogP contribution in [0.2, 0.25) is 0 Å². The summed E-state index contributed by atoms with van der Waals surface area (Å²) in [6.07, 6.45) is 1.40. The van der Waals surface area contributed by atoms with E-state index in [0.717, 1.165) is 11.3 Å². The van der Waals surface area contributed by atoms with E-state index in [0.29, 0.717) is 17.0 Å². The molecule has 0 aliphatic rings. The van der Waals surface area contributed by atoms with Crippen molar-refractivity contribution in [1.82, 2.24) is 5.16 Å². The SMILES string of the molecule is Cc1cc(N)ccc1NC(=O)c1cnoc1C. The van der Waals surface area contributed by atoms with E-state index in [9.17, 15) is 4.79 Å². The number of anilines is 2. The van der Waals surface area contributed by atoms with E-state index in [1.807, 2.05) is 6.92 Å². The molecule has 0 radical (unpaired) electrons. The van der Waals surface area contributed by atoms with Crippen LogP contribution in [-0.2, 0) is 0 Å². The van der Waals surface area contributed by atoms with E-state index in [4.69, 9.17) is 10.3 Å². The van der Waals surface area contributed by atoms with Crippen LogP contribution in [0.1, 0.15) is 21.7 Å². The maximum atomic E-state index is 11.9. The van der Waals surface area contributed by atoms with Crippen molar-refractivity contribution in [3.05, 3.63) is 41.3 Å². The lowest BCUT2D eigenvalue weighted by atomic mass is 10.1. The number of hydrogen-bond donors (Lipinski definition) is 2. The van der Waals surface area contributed by atoms with E-state index in [1.165, 1.54) is 6.20 Å². The molecular formula is C12H13N3O2. The number of carbonyl (C=O) groups is 1. The van der Waals surface area contributed by atoms with Gasteiger partial charge in [0.25, 0.3) is 5.91 Å². The molecule has 1 heterocycles. The summed E-state index contributed by atoms with van der Waals surface area (Å²) >= 11 is 0. The van der Waals surface area contributed by atoms with Gasteiger partial charge in [-0.15, -0.1) is 0 Å². The van der Waals surface area contributed by atoms with Gasteiger partial charge in [0, 0.05) is 11.4 Å². The van der Waals surface area contributed by atoms with Gasteiger partial charge in [-0.3, -0.25) is 4.79 Å².